The zero-order chi connectivity index (χ0) is 17.7. The van der Waals surface area contributed by atoms with E-state index >= 15 is 0 Å². The Morgan fingerprint density at radius 1 is 0.381 bits per heavy atom. The number of halogens is 14. The average Bonchev–Trinajstić information content (AvgIpc) is 2.27. The first-order valence-corrected chi connectivity index (χ1v) is 4.34. The van der Waals surface area contributed by atoms with Crippen molar-refractivity contribution in [2.75, 3.05) is 0 Å². The van der Waals surface area contributed by atoms with Crippen molar-refractivity contribution in [2.45, 2.75) is 42.5 Å². The highest BCUT2D eigenvalue weighted by Crippen LogP contribution is 2.58. The second-order valence-corrected chi connectivity index (χ2v) is 3.57. The van der Waals surface area contributed by atoms with Crippen LogP contribution >= 0.6 is 0 Å². The zero-order valence-corrected chi connectivity index (χ0v) is 8.95. The van der Waals surface area contributed by atoms with Crippen molar-refractivity contribution >= 4 is 0 Å². The summed E-state index contributed by atoms with van der Waals surface area (Å²) in [6.45, 7) is 0. The van der Waals surface area contributed by atoms with Gasteiger partial charge in [0.1, 0.15) is 0 Å². The SMILES string of the molecule is FC(F)C(F)(F)C(F)(F)C(F)(F)C(F)(F)C(F)(F)C(F)F. The average molecular weight is 352 g/mol. The summed E-state index contributed by atoms with van der Waals surface area (Å²) in [6.07, 6.45) is -11.3. The molecule has 0 radical (unpaired) electrons. The van der Waals surface area contributed by atoms with Crippen LogP contribution < -0.4 is 0 Å². The third kappa shape index (κ3) is 2.49. The molecule has 0 unspecified atom stereocenters. The van der Waals surface area contributed by atoms with Gasteiger partial charge in [-0.05, 0) is 0 Å². The van der Waals surface area contributed by atoms with Gasteiger partial charge in [-0.3, -0.25) is 0 Å². The van der Waals surface area contributed by atoms with Crippen LogP contribution in [0.25, 0.3) is 0 Å². The molecular formula is C7H2F14. The summed E-state index contributed by atoms with van der Waals surface area (Å²) in [5, 5.41) is 0. The van der Waals surface area contributed by atoms with Crippen molar-refractivity contribution in [2.24, 2.45) is 0 Å². The third-order valence-electron chi connectivity index (χ3n) is 2.17. The van der Waals surface area contributed by atoms with E-state index in [0.29, 0.717) is 0 Å². The van der Waals surface area contributed by atoms with Crippen molar-refractivity contribution in [1.82, 2.24) is 0 Å². The zero-order valence-electron chi connectivity index (χ0n) is 8.95. The lowest BCUT2D eigenvalue weighted by molar-refractivity contribution is -0.422. The first-order chi connectivity index (χ1) is 8.89. The predicted molar refractivity (Wildman–Crippen MR) is 36.7 cm³/mol. The van der Waals surface area contributed by atoms with E-state index in [0.717, 1.165) is 0 Å². The van der Waals surface area contributed by atoms with E-state index in [-0.39, 0.29) is 0 Å². The van der Waals surface area contributed by atoms with E-state index in [1.165, 1.54) is 0 Å². The molecule has 0 aromatic heterocycles. The number of hydrogen-bond donors (Lipinski definition) is 0. The van der Waals surface area contributed by atoms with Gasteiger partial charge >= 0.3 is 42.5 Å². The fourth-order valence-electron chi connectivity index (χ4n) is 0.890. The number of alkyl halides is 14. The van der Waals surface area contributed by atoms with Crippen molar-refractivity contribution in [3.63, 3.8) is 0 Å². The Morgan fingerprint density at radius 2 is 0.571 bits per heavy atom. The first kappa shape index (κ1) is 20.0. The van der Waals surface area contributed by atoms with Crippen LogP contribution in [-0.4, -0.2) is 42.5 Å². The van der Waals surface area contributed by atoms with Gasteiger partial charge in [-0.2, -0.15) is 43.9 Å². The number of hydrogen-bond acceptors (Lipinski definition) is 0. The molecule has 0 fully saturated rings. The first-order valence-electron chi connectivity index (χ1n) is 4.34. The molecule has 0 amide bonds. The number of rotatable bonds is 6. The minimum atomic E-state index is -7.90. The van der Waals surface area contributed by atoms with E-state index in [9.17, 15) is 61.5 Å². The lowest BCUT2D eigenvalue weighted by Gasteiger charge is -2.38. The van der Waals surface area contributed by atoms with Gasteiger partial charge in [0.15, 0.2) is 0 Å². The Balaban J connectivity index is 6.09. The predicted octanol–water partition coefficient (Wildman–Crippen LogP) is 4.69. The van der Waals surface area contributed by atoms with Gasteiger partial charge < -0.3 is 0 Å². The molecule has 0 aliphatic heterocycles. The van der Waals surface area contributed by atoms with Crippen LogP contribution in [0.4, 0.5) is 61.5 Å². The van der Waals surface area contributed by atoms with Crippen molar-refractivity contribution < 1.29 is 61.5 Å². The molecule has 0 heterocycles. The maximum absolute atomic E-state index is 12.6. The maximum atomic E-state index is 12.6. The highest BCUT2D eigenvalue weighted by atomic mass is 19.4. The van der Waals surface area contributed by atoms with E-state index in [1.54, 1.807) is 0 Å². The quantitative estimate of drug-likeness (QED) is 0.609. The minimum absolute atomic E-state index is 5.66. The van der Waals surface area contributed by atoms with Crippen LogP contribution in [0, 0.1) is 0 Å². The van der Waals surface area contributed by atoms with Crippen LogP contribution in [0.3, 0.4) is 0 Å². The molecule has 128 valence electrons. The van der Waals surface area contributed by atoms with Gasteiger partial charge in [-0.25, -0.2) is 17.6 Å². The standard InChI is InChI=1S/C7H2F14/c8-1(9)3(12,13)5(16,17)7(20,21)6(18,19)4(14,15)2(10)11/h1-2H. The molecule has 0 bridgehead atoms. The van der Waals surface area contributed by atoms with E-state index in [1.807, 2.05) is 0 Å². The summed E-state index contributed by atoms with van der Waals surface area (Å²) in [4.78, 5) is 0. The smallest absolute Gasteiger partial charge is 0.203 e. The van der Waals surface area contributed by atoms with Gasteiger partial charge in [0.2, 0.25) is 0 Å². The molecule has 0 nitrogen and oxygen atoms in total. The van der Waals surface area contributed by atoms with Gasteiger partial charge in [-0.15, -0.1) is 0 Å². The molecule has 0 saturated heterocycles. The molecule has 0 atom stereocenters. The van der Waals surface area contributed by atoms with Gasteiger partial charge in [0.05, 0.1) is 0 Å². The van der Waals surface area contributed by atoms with E-state index < -0.39 is 42.5 Å². The van der Waals surface area contributed by atoms with Crippen LogP contribution in [0.1, 0.15) is 0 Å². The van der Waals surface area contributed by atoms with Crippen LogP contribution in [-0.2, 0) is 0 Å². The Kier molecular flexibility index (Phi) is 4.80. The minimum Gasteiger partial charge on any atom is -0.203 e. The van der Waals surface area contributed by atoms with Gasteiger partial charge in [-0.1, -0.05) is 0 Å². The molecule has 14 heteroatoms. The van der Waals surface area contributed by atoms with Gasteiger partial charge in [0.25, 0.3) is 0 Å². The van der Waals surface area contributed by atoms with Crippen LogP contribution in [0.5, 0.6) is 0 Å². The summed E-state index contributed by atoms with van der Waals surface area (Å²) < 4.78 is 170. The van der Waals surface area contributed by atoms with Crippen molar-refractivity contribution in [1.29, 1.82) is 0 Å². The second kappa shape index (κ2) is 5.04. The molecular weight excluding hydrogens is 350 g/mol. The van der Waals surface area contributed by atoms with Crippen molar-refractivity contribution in [3.05, 3.63) is 0 Å². The summed E-state index contributed by atoms with van der Waals surface area (Å²) in [6, 6.07) is 0. The Morgan fingerprint density at radius 3 is 0.714 bits per heavy atom. The molecule has 0 N–H and O–H groups in total. The largest absolute Gasteiger partial charge is 0.384 e. The molecule has 0 aromatic carbocycles. The molecule has 0 spiro atoms. The Labute approximate surface area is 105 Å². The summed E-state index contributed by atoms with van der Waals surface area (Å²) in [5.74, 6) is -37.7. The lowest BCUT2D eigenvalue weighted by atomic mass is 9.94. The van der Waals surface area contributed by atoms with E-state index in [4.69, 9.17) is 0 Å². The van der Waals surface area contributed by atoms with Gasteiger partial charge in [0, 0.05) is 0 Å². The summed E-state index contributed by atoms with van der Waals surface area (Å²) in [7, 11) is 0. The summed E-state index contributed by atoms with van der Waals surface area (Å²) in [5.41, 5.74) is 0. The fraction of sp³-hybridized carbons (Fsp3) is 1.00. The third-order valence-corrected chi connectivity index (χ3v) is 2.17. The second-order valence-electron chi connectivity index (χ2n) is 3.57. The Hall–Kier alpha value is -0.980. The maximum Gasteiger partial charge on any atom is 0.384 e. The highest BCUT2D eigenvalue weighted by Gasteiger charge is 2.89. The van der Waals surface area contributed by atoms with Crippen LogP contribution in [0.15, 0.2) is 0 Å². The topological polar surface area (TPSA) is 0 Å². The molecule has 0 aromatic rings. The Bertz CT molecular complexity index is 334. The monoisotopic (exact) mass is 352 g/mol. The molecule has 0 aliphatic rings. The normalized spacial score (nSPS) is 16.0. The fourth-order valence-corrected chi connectivity index (χ4v) is 0.890. The molecule has 21 heavy (non-hydrogen) atoms. The summed E-state index contributed by atoms with van der Waals surface area (Å²) >= 11 is 0. The lowest BCUT2D eigenvalue weighted by Crippen LogP contribution is -2.69. The molecule has 0 aliphatic carbocycles. The highest BCUT2D eigenvalue weighted by molar-refractivity contribution is 5.09. The van der Waals surface area contributed by atoms with Crippen molar-refractivity contribution in [3.8, 4) is 0 Å². The molecule has 0 rings (SSSR count). The molecule has 0 saturated carbocycles. The van der Waals surface area contributed by atoms with E-state index in [2.05, 4.69) is 0 Å². The van der Waals surface area contributed by atoms with Crippen LogP contribution in [0.2, 0.25) is 0 Å².